The molecule has 1 atom stereocenters. The van der Waals surface area contributed by atoms with E-state index >= 15 is 0 Å². The topological polar surface area (TPSA) is 49.8 Å². The van der Waals surface area contributed by atoms with Crippen LogP contribution in [0.25, 0.3) is 0 Å². The predicted octanol–water partition coefficient (Wildman–Crippen LogP) is 4.54. The highest BCUT2D eigenvalue weighted by atomic mass is 79.9. The number of anilines is 2. The van der Waals surface area contributed by atoms with Crippen LogP contribution in [0.3, 0.4) is 0 Å². The van der Waals surface area contributed by atoms with Crippen LogP contribution >= 0.6 is 27.3 Å². The Hall–Kier alpha value is -1.14. The molecule has 20 heavy (non-hydrogen) atoms. The maximum atomic E-state index is 4.52. The van der Waals surface area contributed by atoms with Crippen molar-refractivity contribution in [1.82, 2.24) is 9.97 Å². The molecule has 0 fully saturated rings. The van der Waals surface area contributed by atoms with Gasteiger partial charge in [0.05, 0.1) is 10.5 Å². The van der Waals surface area contributed by atoms with Crippen molar-refractivity contribution in [3.63, 3.8) is 0 Å². The van der Waals surface area contributed by atoms with E-state index in [0.717, 1.165) is 16.8 Å². The van der Waals surface area contributed by atoms with Crippen LogP contribution < -0.4 is 10.6 Å². The van der Waals surface area contributed by atoms with Crippen LogP contribution in [0.15, 0.2) is 28.2 Å². The molecule has 6 heteroatoms. The van der Waals surface area contributed by atoms with Crippen molar-refractivity contribution < 1.29 is 0 Å². The molecule has 0 aliphatic heterocycles. The molecule has 2 aromatic heterocycles. The molecule has 0 amide bonds. The van der Waals surface area contributed by atoms with E-state index in [1.54, 1.807) is 17.5 Å². The zero-order valence-corrected chi connectivity index (χ0v) is 14.3. The standard InChI is InChI=1S/C14H19BrN4S/c1-4-16-14-17-8-10(15)13(19-14)18-12(9(2)3)11-6-5-7-20-11/h5-9,12H,4H2,1-3H3,(H2,16,17,18,19). The van der Waals surface area contributed by atoms with E-state index in [4.69, 9.17) is 0 Å². The average Bonchev–Trinajstić information content (AvgIpc) is 2.93. The van der Waals surface area contributed by atoms with Crippen LogP contribution in [-0.4, -0.2) is 16.5 Å². The van der Waals surface area contributed by atoms with Gasteiger partial charge in [0.15, 0.2) is 0 Å². The second-order valence-corrected chi connectivity index (χ2v) is 6.64. The number of hydrogen-bond acceptors (Lipinski definition) is 5. The minimum atomic E-state index is 0.246. The van der Waals surface area contributed by atoms with E-state index < -0.39 is 0 Å². The molecule has 1 unspecified atom stereocenters. The van der Waals surface area contributed by atoms with Crippen LogP contribution in [0.5, 0.6) is 0 Å². The van der Waals surface area contributed by atoms with Gasteiger partial charge in [-0.15, -0.1) is 11.3 Å². The van der Waals surface area contributed by atoms with Gasteiger partial charge >= 0.3 is 0 Å². The van der Waals surface area contributed by atoms with Crippen LogP contribution in [0.1, 0.15) is 31.7 Å². The fraction of sp³-hybridized carbons (Fsp3) is 0.429. The third-order valence-corrected chi connectivity index (χ3v) is 4.42. The van der Waals surface area contributed by atoms with E-state index in [9.17, 15) is 0 Å². The number of nitrogens with one attached hydrogen (secondary N) is 2. The highest BCUT2D eigenvalue weighted by Crippen LogP contribution is 2.31. The minimum absolute atomic E-state index is 0.246. The number of rotatable bonds is 6. The largest absolute Gasteiger partial charge is 0.361 e. The lowest BCUT2D eigenvalue weighted by molar-refractivity contribution is 0.551. The van der Waals surface area contributed by atoms with Gasteiger partial charge in [-0.05, 0) is 40.2 Å². The summed E-state index contributed by atoms with van der Waals surface area (Å²) in [6.07, 6.45) is 1.78. The highest BCUT2D eigenvalue weighted by Gasteiger charge is 2.18. The average molecular weight is 355 g/mol. The Labute approximate surface area is 132 Å². The molecular weight excluding hydrogens is 336 g/mol. The second-order valence-electron chi connectivity index (χ2n) is 4.80. The lowest BCUT2D eigenvalue weighted by Crippen LogP contribution is -2.17. The molecule has 0 saturated carbocycles. The van der Waals surface area contributed by atoms with Crippen LogP contribution in [0.4, 0.5) is 11.8 Å². The monoisotopic (exact) mass is 354 g/mol. The van der Waals surface area contributed by atoms with Crippen molar-refractivity contribution in [3.05, 3.63) is 33.1 Å². The summed E-state index contributed by atoms with van der Waals surface area (Å²) < 4.78 is 0.876. The van der Waals surface area contributed by atoms with Crippen molar-refractivity contribution in [2.75, 3.05) is 17.2 Å². The first-order valence-electron chi connectivity index (χ1n) is 6.68. The molecule has 0 radical (unpaired) electrons. The number of thiophene rings is 1. The summed E-state index contributed by atoms with van der Waals surface area (Å²) in [6, 6.07) is 4.48. The number of nitrogens with zero attached hydrogens (tertiary/aromatic N) is 2. The normalized spacial score (nSPS) is 12.4. The quantitative estimate of drug-likeness (QED) is 0.799. The Balaban J connectivity index is 2.24. The summed E-state index contributed by atoms with van der Waals surface area (Å²) in [5.74, 6) is 1.94. The minimum Gasteiger partial charge on any atom is -0.361 e. The molecule has 4 nitrogen and oxygen atoms in total. The zero-order valence-electron chi connectivity index (χ0n) is 11.9. The fourth-order valence-corrected chi connectivity index (χ4v) is 3.15. The van der Waals surface area contributed by atoms with Crippen LogP contribution in [-0.2, 0) is 0 Å². The molecular formula is C14H19BrN4S. The van der Waals surface area contributed by atoms with E-state index in [0.29, 0.717) is 11.9 Å². The van der Waals surface area contributed by atoms with Gasteiger partial charge < -0.3 is 10.6 Å². The summed E-state index contributed by atoms with van der Waals surface area (Å²) in [6.45, 7) is 7.25. The van der Waals surface area contributed by atoms with Gasteiger partial charge in [-0.3, -0.25) is 0 Å². The second kappa shape index (κ2) is 7.04. The first kappa shape index (κ1) is 15.3. The van der Waals surface area contributed by atoms with Gasteiger partial charge in [0.25, 0.3) is 0 Å². The molecule has 0 spiro atoms. The zero-order chi connectivity index (χ0) is 14.5. The molecule has 0 aromatic carbocycles. The van der Waals surface area contributed by atoms with Gasteiger partial charge in [-0.2, -0.15) is 4.98 Å². The summed E-state index contributed by atoms with van der Waals surface area (Å²) in [5.41, 5.74) is 0. The summed E-state index contributed by atoms with van der Waals surface area (Å²) in [5, 5.41) is 8.75. The van der Waals surface area contributed by atoms with E-state index in [1.165, 1.54) is 4.88 Å². The molecule has 2 aromatic rings. The van der Waals surface area contributed by atoms with Gasteiger partial charge in [0, 0.05) is 17.6 Å². The highest BCUT2D eigenvalue weighted by molar-refractivity contribution is 9.10. The fourth-order valence-electron chi connectivity index (χ4n) is 1.89. The van der Waals surface area contributed by atoms with Crippen molar-refractivity contribution >= 4 is 39.0 Å². The van der Waals surface area contributed by atoms with Crippen molar-refractivity contribution in [3.8, 4) is 0 Å². The van der Waals surface area contributed by atoms with Gasteiger partial charge in [-0.1, -0.05) is 19.9 Å². The lowest BCUT2D eigenvalue weighted by Gasteiger charge is -2.22. The van der Waals surface area contributed by atoms with E-state index in [1.807, 2.05) is 6.92 Å². The molecule has 2 N–H and O–H groups in total. The Morgan fingerprint density at radius 2 is 2.20 bits per heavy atom. The summed E-state index contributed by atoms with van der Waals surface area (Å²) >= 11 is 5.27. The first-order chi connectivity index (χ1) is 9.61. The number of halogens is 1. The summed E-state index contributed by atoms with van der Waals surface area (Å²) in [7, 11) is 0. The molecule has 2 heterocycles. The van der Waals surface area contributed by atoms with Gasteiger partial charge in [-0.25, -0.2) is 4.98 Å². The Bertz CT molecular complexity index is 542. The third kappa shape index (κ3) is 3.70. The Morgan fingerprint density at radius 1 is 1.40 bits per heavy atom. The number of hydrogen-bond donors (Lipinski definition) is 2. The SMILES string of the molecule is CCNc1ncc(Br)c(NC(c2cccs2)C(C)C)n1. The third-order valence-electron chi connectivity index (χ3n) is 2.89. The maximum absolute atomic E-state index is 4.52. The van der Waals surface area contributed by atoms with E-state index in [2.05, 4.69) is 67.9 Å². The lowest BCUT2D eigenvalue weighted by atomic mass is 10.0. The summed E-state index contributed by atoms with van der Waals surface area (Å²) in [4.78, 5) is 10.1. The van der Waals surface area contributed by atoms with E-state index in [-0.39, 0.29) is 6.04 Å². The van der Waals surface area contributed by atoms with Crippen LogP contribution in [0.2, 0.25) is 0 Å². The first-order valence-corrected chi connectivity index (χ1v) is 8.35. The molecule has 2 rings (SSSR count). The molecule has 0 aliphatic carbocycles. The Kier molecular flexibility index (Phi) is 5.37. The van der Waals surface area contributed by atoms with Crippen molar-refractivity contribution in [1.29, 1.82) is 0 Å². The number of aromatic nitrogens is 2. The predicted molar refractivity (Wildman–Crippen MR) is 89.4 cm³/mol. The molecule has 108 valence electrons. The molecule has 0 bridgehead atoms. The van der Waals surface area contributed by atoms with Crippen LogP contribution in [0, 0.1) is 5.92 Å². The molecule has 0 aliphatic rings. The van der Waals surface area contributed by atoms with Gasteiger partial charge in [0.2, 0.25) is 5.95 Å². The smallest absolute Gasteiger partial charge is 0.224 e. The van der Waals surface area contributed by atoms with Crippen molar-refractivity contribution in [2.24, 2.45) is 5.92 Å². The van der Waals surface area contributed by atoms with Gasteiger partial charge in [0.1, 0.15) is 5.82 Å². The molecule has 0 saturated heterocycles. The van der Waals surface area contributed by atoms with Crippen molar-refractivity contribution in [2.45, 2.75) is 26.8 Å². The Morgan fingerprint density at radius 3 is 2.80 bits per heavy atom. The maximum Gasteiger partial charge on any atom is 0.224 e.